The van der Waals surface area contributed by atoms with Gasteiger partial charge in [0.05, 0.1) is 18.7 Å². The lowest BCUT2D eigenvalue weighted by Crippen LogP contribution is -2.25. The van der Waals surface area contributed by atoms with Crippen LogP contribution in [-0.2, 0) is 13.5 Å². The van der Waals surface area contributed by atoms with Crippen LogP contribution in [0.4, 0.5) is 0 Å². The number of aryl methyl sites for hydroxylation is 1. The summed E-state index contributed by atoms with van der Waals surface area (Å²) in [5.41, 5.74) is 1.38. The number of hydrogen-bond acceptors (Lipinski definition) is 4. The molecule has 2 heterocycles. The zero-order valence-electron chi connectivity index (χ0n) is 8.88. The van der Waals surface area contributed by atoms with Gasteiger partial charge in [0.15, 0.2) is 5.69 Å². The van der Waals surface area contributed by atoms with Crippen molar-refractivity contribution in [1.82, 2.24) is 20.3 Å². The summed E-state index contributed by atoms with van der Waals surface area (Å²) >= 11 is 0. The molecule has 16 heavy (non-hydrogen) atoms. The Bertz CT molecular complexity index is 461. The van der Waals surface area contributed by atoms with Gasteiger partial charge >= 0.3 is 0 Å². The van der Waals surface area contributed by atoms with Crippen LogP contribution in [0.1, 0.15) is 16.1 Å². The van der Waals surface area contributed by atoms with E-state index < -0.39 is 0 Å². The molecule has 84 valence electrons. The Morgan fingerprint density at radius 1 is 1.62 bits per heavy atom. The molecule has 0 fully saturated rings. The minimum Gasteiger partial charge on any atom is -0.472 e. The summed E-state index contributed by atoms with van der Waals surface area (Å²) < 4.78 is 6.41. The van der Waals surface area contributed by atoms with Gasteiger partial charge < -0.3 is 9.73 Å². The van der Waals surface area contributed by atoms with E-state index in [0.717, 1.165) is 12.0 Å². The van der Waals surface area contributed by atoms with Gasteiger partial charge in [-0.3, -0.25) is 9.48 Å². The van der Waals surface area contributed by atoms with Gasteiger partial charge in [0.25, 0.3) is 5.91 Å². The third kappa shape index (κ3) is 2.47. The topological polar surface area (TPSA) is 73.0 Å². The first kappa shape index (κ1) is 10.4. The lowest BCUT2D eigenvalue weighted by molar-refractivity contribution is 0.0949. The zero-order chi connectivity index (χ0) is 11.4. The van der Waals surface area contributed by atoms with Gasteiger partial charge in [-0.05, 0) is 18.1 Å². The molecule has 0 aliphatic carbocycles. The number of carbonyl (C=O) groups is 1. The molecule has 0 saturated heterocycles. The van der Waals surface area contributed by atoms with Crippen LogP contribution < -0.4 is 5.32 Å². The number of furan rings is 1. The fourth-order valence-electron chi connectivity index (χ4n) is 1.30. The number of carbonyl (C=O) groups excluding carboxylic acids is 1. The molecule has 0 saturated carbocycles. The fourth-order valence-corrected chi connectivity index (χ4v) is 1.30. The molecule has 0 aliphatic heterocycles. The van der Waals surface area contributed by atoms with E-state index >= 15 is 0 Å². The van der Waals surface area contributed by atoms with E-state index in [0.29, 0.717) is 12.2 Å². The van der Waals surface area contributed by atoms with Crippen molar-refractivity contribution in [3.63, 3.8) is 0 Å². The van der Waals surface area contributed by atoms with Gasteiger partial charge in [-0.15, -0.1) is 5.10 Å². The molecule has 2 aromatic rings. The Morgan fingerprint density at radius 2 is 2.50 bits per heavy atom. The highest BCUT2D eigenvalue weighted by molar-refractivity contribution is 5.91. The van der Waals surface area contributed by atoms with Crippen molar-refractivity contribution < 1.29 is 9.21 Å². The molecule has 0 unspecified atom stereocenters. The molecule has 2 rings (SSSR count). The number of hydrogen-bond donors (Lipinski definition) is 1. The maximum Gasteiger partial charge on any atom is 0.273 e. The van der Waals surface area contributed by atoms with Crippen LogP contribution in [0.25, 0.3) is 0 Å². The van der Waals surface area contributed by atoms with E-state index in [1.807, 2.05) is 6.07 Å². The summed E-state index contributed by atoms with van der Waals surface area (Å²) in [6.07, 6.45) is 5.59. The van der Waals surface area contributed by atoms with Crippen molar-refractivity contribution >= 4 is 5.91 Å². The maximum absolute atomic E-state index is 11.5. The zero-order valence-corrected chi connectivity index (χ0v) is 8.88. The SMILES string of the molecule is Cn1cc(C(=O)NCCc2ccoc2)nn1. The second kappa shape index (κ2) is 4.61. The average Bonchev–Trinajstić information content (AvgIpc) is 2.89. The number of aromatic nitrogens is 3. The third-order valence-corrected chi connectivity index (χ3v) is 2.11. The predicted molar refractivity (Wildman–Crippen MR) is 55.7 cm³/mol. The molecular weight excluding hydrogens is 208 g/mol. The highest BCUT2D eigenvalue weighted by Crippen LogP contribution is 1.99. The maximum atomic E-state index is 11.5. The van der Waals surface area contributed by atoms with Crippen molar-refractivity contribution in [2.45, 2.75) is 6.42 Å². The first-order valence-corrected chi connectivity index (χ1v) is 4.91. The van der Waals surface area contributed by atoms with Gasteiger partial charge in [0.2, 0.25) is 0 Å². The highest BCUT2D eigenvalue weighted by Gasteiger charge is 2.08. The molecule has 0 atom stereocenters. The standard InChI is InChI=1S/C10H12N4O2/c1-14-6-9(12-13-14)10(15)11-4-2-8-3-5-16-7-8/h3,5-7H,2,4H2,1H3,(H,11,15). The largest absolute Gasteiger partial charge is 0.472 e. The molecule has 0 aliphatic rings. The first-order chi connectivity index (χ1) is 7.75. The van der Waals surface area contributed by atoms with Gasteiger partial charge in [-0.25, -0.2) is 0 Å². The van der Waals surface area contributed by atoms with E-state index in [4.69, 9.17) is 4.42 Å². The number of nitrogens with one attached hydrogen (secondary N) is 1. The number of amides is 1. The van der Waals surface area contributed by atoms with Crippen LogP contribution in [-0.4, -0.2) is 27.4 Å². The van der Waals surface area contributed by atoms with Gasteiger partial charge in [-0.1, -0.05) is 5.21 Å². The Morgan fingerprint density at radius 3 is 3.12 bits per heavy atom. The van der Waals surface area contributed by atoms with Crippen LogP contribution in [0.2, 0.25) is 0 Å². The van der Waals surface area contributed by atoms with Gasteiger partial charge in [-0.2, -0.15) is 0 Å². The molecule has 0 bridgehead atoms. The van der Waals surface area contributed by atoms with Crippen LogP contribution in [0, 0.1) is 0 Å². The minimum atomic E-state index is -0.211. The molecule has 1 N–H and O–H groups in total. The van der Waals surface area contributed by atoms with Crippen molar-refractivity contribution in [3.8, 4) is 0 Å². The van der Waals surface area contributed by atoms with E-state index in [1.54, 1.807) is 25.8 Å². The van der Waals surface area contributed by atoms with Crippen LogP contribution >= 0.6 is 0 Å². The summed E-state index contributed by atoms with van der Waals surface area (Å²) in [6.45, 7) is 0.551. The predicted octanol–water partition coefficient (Wildman–Crippen LogP) is 0.381. The van der Waals surface area contributed by atoms with Crippen LogP contribution in [0.15, 0.2) is 29.2 Å². The van der Waals surface area contributed by atoms with E-state index in [2.05, 4.69) is 15.6 Å². The van der Waals surface area contributed by atoms with E-state index in [-0.39, 0.29) is 5.91 Å². The Hall–Kier alpha value is -2.11. The van der Waals surface area contributed by atoms with Crippen LogP contribution in [0.3, 0.4) is 0 Å². The normalized spacial score (nSPS) is 10.3. The molecule has 6 heteroatoms. The van der Waals surface area contributed by atoms with Crippen molar-refractivity contribution in [2.24, 2.45) is 7.05 Å². The summed E-state index contributed by atoms with van der Waals surface area (Å²) in [6, 6.07) is 1.87. The van der Waals surface area contributed by atoms with E-state index in [9.17, 15) is 4.79 Å². The Labute approximate surface area is 92.2 Å². The van der Waals surface area contributed by atoms with Crippen molar-refractivity contribution in [2.75, 3.05) is 6.54 Å². The summed E-state index contributed by atoms with van der Waals surface area (Å²) in [5, 5.41) is 10.2. The van der Waals surface area contributed by atoms with Gasteiger partial charge in [0, 0.05) is 13.6 Å². The van der Waals surface area contributed by atoms with E-state index in [1.165, 1.54) is 4.68 Å². The quantitative estimate of drug-likeness (QED) is 0.808. The molecule has 0 aromatic carbocycles. The smallest absolute Gasteiger partial charge is 0.273 e. The summed E-state index contributed by atoms with van der Waals surface area (Å²) in [4.78, 5) is 11.5. The molecular formula is C10H12N4O2. The average molecular weight is 220 g/mol. The first-order valence-electron chi connectivity index (χ1n) is 4.91. The van der Waals surface area contributed by atoms with Crippen LogP contribution in [0.5, 0.6) is 0 Å². The lowest BCUT2D eigenvalue weighted by atomic mass is 10.2. The number of nitrogens with zero attached hydrogens (tertiary/aromatic N) is 3. The summed E-state index contributed by atoms with van der Waals surface area (Å²) in [7, 11) is 1.72. The highest BCUT2D eigenvalue weighted by atomic mass is 16.3. The molecule has 1 amide bonds. The molecule has 6 nitrogen and oxygen atoms in total. The summed E-state index contributed by atoms with van der Waals surface area (Å²) in [5.74, 6) is -0.211. The Balaban J connectivity index is 1.80. The monoisotopic (exact) mass is 220 g/mol. The second-order valence-corrected chi connectivity index (χ2v) is 3.41. The van der Waals surface area contributed by atoms with Crippen molar-refractivity contribution in [1.29, 1.82) is 0 Å². The lowest BCUT2D eigenvalue weighted by Gasteiger charge is -2.00. The number of rotatable bonds is 4. The second-order valence-electron chi connectivity index (χ2n) is 3.41. The Kier molecular flexibility index (Phi) is 3.00. The van der Waals surface area contributed by atoms with Gasteiger partial charge in [0.1, 0.15) is 0 Å². The molecule has 2 aromatic heterocycles. The molecule has 0 spiro atoms. The molecule has 0 radical (unpaired) electrons. The fraction of sp³-hybridized carbons (Fsp3) is 0.300. The minimum absolute atomic E-state index is 0.211. The third-order valence-electron chi connectivity index (χ3n) is 2.11. The van der Waals surface area contributed by atoms with Crippen molar-refractivity contribution in [3.05, 3.63) is 36.0 Å².